The fourth-order valence-electron chi connectivity index (χ4n) is 7.97. The van der Waals surface area contributed by atoms with E-state index >= 15 is 0 Å². The molecule has 1 heterocycles. The lowest BCUT2D eigenvalue weighted by molar-refractivity contribution is -0.141. The molecule has 5 rings (SSSR count). The standard InChI is InChI=1S/C27H35ClN2O2/c1-26-12-5-8-21(26)19-9-10-23-27(2,22(19)11-13-26)15-20(25(32)30(23)3)24(31)29-16-17-6-4-7-18(28)14-17/h4,6-7,14-15,19,21-23H,5,8-13,16H2,1-3H3,(H,29,31)/t19-,21-,22+,23?,26-,27+/m0/s1. The van der Waals surface area contributed by atoms with E-state index in [0.717, 1.165) is 17.9 Å². The summed E-state index contributed by atoms with van der Waals surface area (Å²) in [5, 5.41) is 3.60. The van der Waals surface area contributed by atoms with Gasteiger partial charge in [-0.25, -0.2) is 0 Å². The van der Waals surface area contributed by atoms with Crippen LogP contribution in [0.15, 0.2) is 35.9 Å². The second kappa shape index (κ2) is 7.90. The van der Waals surface area contributed by atoms with Crippen molar-refractivity contribution in [3.63, 3.8) is 0 Å². The third-order valence-corrected chi connectivity index (χ3v) is 9.80. The van der Waals surface area contributed by atoms with Crippen LogP contribution >= 0.6 is 11.6 Å². The monoisotopic (exact) mass is 454 g/mol. The van der Waals surface area contributed by atoms with Gasteiger partial charge in [-0.05, 0) is 79.4 Å². The van der Waals surface area contributed by atoms with Gasteiger partial charge in [-0.15, -0.1) is 0 Å². The Morgan fingerprint density at radius 2 is 1.97 bits per heavy atom. The van der Waals surface area contributed by atoms with Crippen molar-refractivity contribution in [3.8, 4) is 0 Å². The van der Waals surface area contributed by atoms with Crippen LogP contribution in [0.4, 0.5) is 0 Å². The highest BCUT2D eigenvalue weighted by molar-refractivity contribution is 6.30. The molecule has 1 unspecified atom stereocenters. The van der Waals surface area contributed by atoms with Crippen molar-refractivity contribution in [2.45, 2.75) is 71.4 Å². The van der Waals surface area contributed by atoms with Gasteiger partial charge >= 0.3 is 0 Å². The first kappa shape index (κ1) is 22.0. The largest absolute Gasteiger partial charge is 0.348 e. The zero-order chi connectivity index (χ0) is 22.7. The van der Waals surface area contributed by atoms with Crippen LogP contribution in [-0.2, 0) is 16.1 Å². The predicted octanol–water partition coefficient (Wildman–Crippen LogP) is 5.36. The number of carbonyl (C=O) groups excluding carboxylic acids is 2. The maximum Gasteiger partial charge on any atom is 0.259 e. The molecule has 172 valence electrons. The van der Waals surface area contributed by atoms with Crippen LogP contribution in [-0.4, -0.2) is 29.8 Å². The average Bonchev–Trinajstić information content (AvgIpc) is 3.16. The highest BCUT2D eigenvalue weighted by atomic mass is 35.5. The number of benzene rings is 1. The van der Waals surface area contributed by atoms with Crippen LogP contribution in [0.25, 0.3) is 0 Å². The average molecular weight is 455 g/mol. The van der Waals surface area contributed by atoms with Gasteiger partial charge in [0, 0.05) is 30.1 Å². The Morgan fingerprint density at radius 3 is 2.75 bits per heavy atom. The molecule has 0 spiro atoms. The van der Waals surface area contributed by atoms with E-state index < -0.39 is 0 Å². The molecular weight excluding hydrogens is 420 g/mol. The van der Waals surface area contributed by atoms with Crippen molar-refractivity contribution in [3.05, 3.63) is 46.5 Å². The number of carbonyl (C=O) groups is 2. The number of nitrogens with one attached hydrogen (secondary N) is 1. The molecule has 32 heavy (non-hydrogen) atoms. The van der Waals surface area contributed by atoms with E-state index in [0.29, 0.717) is 34.4 Å². The van der Waals surface area contributed by atoms with Crippen LogP contribution in [0, 0.1) is 28.6 Å². The lowest BCUT2D eigenvalue weighted by atomic mass is 9.48. The summed E-state index contributed by atoms with van der Waals surface area (Å²) >= 11 is 6.07. The summed E-state index contributed by atoms with van der Waals surface area (Å²) in [5.74, 6) is 1.64. The Hall–Kier alpha value is -1.81. The summed E-state index contributed by atoms with van der Waals surface area (Å²) in [6.45, 7) is 5.19. The van der Waals surface area contributed by atoms with E-state index in [-0.39, 0.29) is 23.3 Å². The summed E-state index contributed by atoms with van der Waals surface area (Å²) in [6.07, 6.45) is 10.9. The second-order valence-electron chi connectivity index (χ2n) is 11.2. The maximum atomic E-state index is 13.2. The van der Waals surface area contributed by atoms with Gasteiger partial charge in [-0.1, -0.05) is 50.1 Å². The Bertz CT molecular complexity index is 974. The molecular formula is C27H35ClN2O2. The van der Waals surface area contributed by atoms with Gasteiger partial charge in [0.1, 0.15) is 5.57 Å². The number of likely N-dealkylation sites (N-methyl/N-ethyl adjacent to an activating group) is 1. The molecule has 6 atom stereocenters. The van der Waals surface area contributed by atoms with E-state index in [1.807, 2.05) is 36.2 Å². The molecule has 0 saturated heterocycles. The van der Waals surface area contributed by atoms with Crippen molar-refractivity contribution in [1.29, 1.82) is 0 Å². The third kappa shape index (κ3) is 3.41. The van der Waals surface area contributed by atoms with Crippen LogP contribution in [0.1, 0.15) is 64.4 Å². The highest BCUT2D eigenvalue weighted by Crippen LogP contribution is 2.64. The van der Waals surface area contributed by atoms with Gasteiger partial charge in [-0.2, -0.15) is 0 Å². The Morgan fingerprint density at radius 1 is 1.16 bits per heavy atom. The smallest absolute Gasteiger partial charge is 0.259 e. The SMILES string of the molecule is CN1C(=O)C(C(=O)NCc2cccc(Cl)c2)=C[C@@]2(C)C1CC[C@@H]1[C@H]2CC[C@]2(C)CCC[C@@H]12. The first-order valence-corrected chi connectivity index (χ1v) is 12.6. The van der Waals surface area contributed by atoms with Gasteiger partial charge in [0.2, 0.25) is 0 Å². The molecule has 3 saturated carbocycles. The number of hydrogen-bond acceptors (Lipinski definition) is 2. The summed E-state index contributed by atoms with van der Waals surface area (Å²) in [6, 6.07) is 7.64. The molecule has 4 nitrogen and oxygen atoms in total. The molecule has 0 radical (unpaired) electrons. The quantitative estimate of drug-likeness (QED) is 0.625. The topological polar surface area (TPSA) is 49.4 Å². The van der Waals surface area contributed by atoms with Gasteiger partial charge < -0.3 is 10.2 Å². The lowest BCUT2D eigenvalue weighted by Gasteiger charge is -2.60. The molecule has 5 heteroatoms. The summed E-state index contributed by atoms with van der Waals surface area (Å²) < 4.78 is 0. The van der Waals surface area contributed by atoms with Crippen molar-refractivity contribution < 1.29 is 9.59 Å². The maximum absolute atomic E-state index is 13.2. The number of hydrogen-bond donors (Lipinski definition) is 1. The summed E-state index contributed by atoms with van der Waals surface area (Å²) in [7, 11) is 1.89. The Kier molecular flexibility index (Phi) is 5.43. The minimum atomic E-state index is -0.273. The molecule has 3 fully saturated rings. The van der Waals surface area contributed by atoms with E-state index in [9.17, 15) is 9.59 Å². The Labute approximate surface area is 196 Å². The molecule has 2 amide bonds. The number of rotatable bonds is 3. The van der Waals surface area contributed by atoms with Gasteiger partial charge in [-0.3, -0.25) is 9.59 Å². The van der Waals surface area contributed by atoms with E-state index in [1.54, 1.807) is 0 Å². The predicted molar refractivity (Wildman–Crippen MR) is 127 cm³/mol. The first-order chi connectivity index (χ1) is 15.2. The first-order valence-electron chi connectivity index (χ1n) is 12.3. The molecule has 4 aliphatic rings. The molecule has 1 aromatic carbocycles. The zero-order valence-electron chi connectivity index (χ0n) is 19.5. The highest BCUT2D eigenvalue weighted by Gasteiger charge is 2.59. The van der Waals surface area contributed by atoms with Crippen LogP contribution in [0.3, 0.4) is 0 Å². The van der Waals surface area contributed by atoms with Crippen molar-refractivity contribution in [2.75, 3.05) is 7.05 Å². The number of fused-ring (bicyclic) bond motifs is 5. The van der Waals surface area contributed by atoms with Crippen LogP contribution in [0.2, 0.25) is 5.02 Å². The number of amides is 2. The lowest BCUT2D eigenvalue weighted by Crippen LogP contribution is -2.61. The van der Waals surface area contributed by atoms with E-state index in [4.69, 9.17) is 11.6 Å². The van der Waals surface area contributed by atoms with E-state index in [1.165, 1.54) is 38.5 Å². The zero-order valence-corrected chi connectivity index (χ0v) is 20.3. The Balaban J connectivity index is 1.42. The van der Waals surface area contributed by atoms with Gasteiger partial charge in [0.15, 0.2) is 0 Å². The third-order valence-electron chi connectivity index (χ3n) is 9.57. The van der Waals surface area contributed by atoms with Crippen LogP contribution in [0.5, 0.6) is 0 Å². The number of nitrogens with zero attached hydrogens (tertiary/aromatic N) is 1. The van der Waals surface area contributed by atoms with Crippen molar-refractivity contribution in [2.24, 2.45) is 28.6 Å². The molecule has 3 aliphatic carbocycles. The summed E-state index contributed by atoms with van der Waals surface area (Å²) in [4.78, 5) is 28.2. The molecule has 1 aromatic rings. The minimum Gasteiger partial charge on any atom is -0.348 e. The molecule has 1 aliphatic heterocycles. The van der Waals surface area contributed by atoms with E-state index in [2.05, 4.69) is 25.2 Å². The second-order valence-corrected chi connectivity index (χ2v) is 11.6. The molecule has 0 aromatic heterocycles. The van der Waals surface area contributed by atoms with Gasteiger partial charge in [0.05, 0.1) is 0 Å². The number of halogens is 1. The molecule has 1 N–H and O–H groups in total. The van der Waals surface area contributed by atoms with Crippen LogP contribution < -0.4 is 5.32 Å². The molecule has 0 bridgehead atoms. The fraction of sp³-hybridized carbons (Fsp3) is 0.630. The van der Waals surface area contributed by atoms with Crippen molar-refractivity contribution in [1.82, 2.24) is 10.2 Å². The normalized spacial score (nSPS) is 38.4. The van der Waals surface area contributed by atoms with Crippen molar-refractivity contribution >= 4 is 23.4 Å². The fourth-order valence-corrected chi connectivity index (χ4v) is 8.18. The minimum absolute atomic E-state index is 0.141. The summed E-state index contributed by atoms with van der Waals surface area (Å²) in [5.41, 5.74) is 1.60. The van der Waals surface area contributed by atoms with Gasteiger partial charge in [0.25, 0.3) is 11.8 Å².